The van der Waals surface area contributed by atoms with Crippen molar-refractivity contribution in [3.63, 3.8) is 0 Å². The minimum Gasteiger partial charge on any atom is -0.508 e. The highest BCUT2D eigenvalue weighted by Crippen LogP contribution is 2.21. The molecule has 0 radical (unpaired) electrons. The molecule has 6 heteroatoms. The van der Waals surface area contributed by atoms with E-state index in [1.807, 2.05) is 6.92 Å². The average molecular weight is 376 g/mol. The number of nitrogens with zero attached hydrogens (tertiary/aromatic N) is 2. The summed E-state index contributed by atoms with van der Waals surface area (Å²) in [5.41, 5.74) is 4.74. The van der Waals surface area contributed by atoms with Gasteiger partial charge in [0.2, 0.25) is 0 Å². The van der Waals surface area contributed by atoms with Gasteiger partial charge in [0.15, 0.2) is 0 Å². The van der Waals surface area contributed by atoms with Crippen LogP contribution in [0.4, 0.5) is 0 Å². The number of phenols is 1. The van der Waals surface area contributed by atoms with Crippen LogP contribution >= 0.6 is 0 Å². The minimum atomic E-state index is -0.164. The highest BCUT2D eigenvalue weighted by molar-refractivity contribution is 5.93. The summed E-state index contributed by atoms with van der Waals surface area (Å²) in [6, 6.07) is 17.0. The van der Waals surface area contributed by atoms with Crippen molar-refractivity contribution in [3.8, 4) is 17.0 Å². The van der Waals surface area contributed by atoms with E-state index in [-0.39, 0.29) is 17.7 Å². The van der Waals surface area contributed by atoms with Crippen molar-refractivity contribution in [2.45, 2.75) is 25.9 Å². The molecule has 1 atom stereocenters. The lowest BCUT2D eigenvalue weighted by Crippen LogP contribution is -2.43. The van der Waals surface area contributed by atoms with Gasteiger partial charge in [0.05, 0.1) is 5.69 Å². The molecule has 1 aromatic heterocycles. The van der Waals surface area contributed by atoms with Crippen LogP contribution in [0.15, 0.2) is 54.6 Å². The van der Waals surface area contributed by atoms with Crippen molar-refractivity contribution in [2.24, 2.45) is 0 Å². The van der Waals surface area contributed by atoms with Gasteiger partial charge in [0, 0.05) is 31.2 Å². The van der Waals surface area contributed by atoms with Crippen LogP contribution in [0.5, 0.6) is 5.75 Å². The first kappa shape index (κ1) is 18.3. The Morgan fingerprint density at radius 1 is 1.21 bits per heavy atom. The van der Waals surface area contributed by atoms with E-state index >= 15 is 0 Å². The average Bonchev–Trinajstić information content (AvgIpc) is 3.19. The summed E-state index contributed by atoms with van der Waals surface area (Å²) >= 11 is 0. The quantitative estimate of drug-likeness (QED) is 0.639. The summed E-state index contributed by atoms with van der Waals surface area (Å²) in [6.07, 6.45) is 1.05. The predicted octanol–water partition coefficient (Wildman–Crippen LogP) is 2.96. The van der Waals surface area contributed by atoms with Crippen molar-refractivity contribution in [3.05, 3.63) is 71.4 Å². The number of aromatic nitrogens is 2. The van der Waals surface area contributed by atoms with Gasteiger partial charge in [-0.15, -0.1) is 0 Å². The van der Waals surface area contributed by atoms with Gasteiger partial charge in [-0.1, -0.05) is 24.3 Å². The van der Waals surface area contributed by atoms with Gasteiger partial charge in [-0.3, -0.25) is 14.8 Å². The number of rotatable bonds is 5. The van der Waals surface area contributed by atoms with Crippen molar-refractivity contribution < 1.29 is 9.90 Å². The highest BCUT2D eigenvalue weighted by Gasteiger charge is 2.19. The van der Waals surface area contributed by atoms with E-state index in [1.165, 1.54) is 11.1 Å². The molecular formula is C22H24N4O2. The standard InChI is InChI=1S/C22H24N4O2/c1-15(13-26-11-10-16-4-2-3-5-18(16)14-26)23-22(28)21-12-20(24-25-21)17-6-8-19(27)9-7-17/h2-9,12,15,27H,10-11,13-14H2,1H3,(H,23,28)(H,24,25)/t15-/m1/s1. The first-order valence-corrected chi connectivity index (χ1v) is 9.53. The molecule has 3 N–H and O–H groups in total. The van der Waals surface area contributed by atoms with E-state index in [1.54, 1.807) is 30.3 Å². The monoisotopic (exact) mass is 376 g/mol. The molecule has 144 valence electrons. The molecule has 0 unspecified atom stereocenters. The molecule has 1 aliphatic rings. The number of nitrogens with one attached hydrogen (secondary N) is 2. The van der Waals surface area contributed by atoms with Crippen LogP contribution in [0.1, 0.15) is 28.5 Å². The highest BCUT2D eigenvalue weighted by atomic mass is 16.3. The summed E-state index contributed by atoms with van der Waals surface area (Å²) in [6.45, 7) is 4.76. The molecule has 0 spiro atoms. The van der Waals surface area contributed by atoms with Crippen LogP contribution in [0.2, 0.25) is 0 Å². The third-order valence-corrected chi connectivity index (χ3v) is 5.10. The first-order valence-electron chi connectivity index (χ1n) is 9.53. The van der Waals surface area contributed by atoms with Crippen molar-refractivity contribution in [1.29, 1.82) is 0 Å². The smallest absolute Gasteiger partial charge is 0.269 e. The number of amides is 1. The van der Waals surface area contributed by atoms with Crippen LogP contribution in [0.25, 0.3) is 11.3 Å². The van der Waals surface area contributed by atoms with E-state index in [9.17, 15) is 9.90 Å². The van der Waals surface area contributed by atoms with Gasteiger partial charge in [0.1, 0.15) is 11.4 Å². The zero-order chi connectivity index (χ0) is 19.5. The summed E-state index contributed by atoms with van der Waals surface area (Å²) in [5, 5.41) is 19.4. The fourth-order valence-corrected chi connectivity index (χ4v) is 3.66. The molecule has 0 fully saturated rings. The first-order chi connectivity index (χ1) is 13.6. The fraction of sp³-hybridized carbons (Fsp3) is 0.273. The summed E-state index contributed by atoms with van der Waals surface area (Å²) in [5.74, 6) is 0.0360. The number of benzene rings is 2. The third kappa shape index (κ3) is 4.07. The fourth-order valence-electron chi connectivity index (χ4n) is 3.66. The molecule has 0 bridgehead atoms. The molecular weight excluding hydrogens is 352 g/mol. The Kier molecular flexibility index (Phi) is 5.12. The number of phenolic OH excluding ortho intramolecular Hbond substituents is 1. The van der Waals surface area contributed by atoms with Crippen LogP contribution in [0, 0.1) is 0 Å². The molecule has 2 aromatic carbocycles. The number of hydrogen-bond donors (Lipinski definition) is 3. The zero-order valence-electron chi connectivity index (χ0n) is 15.9. The Morgan fingerprint density at radius 3 is 2.75 bits per heavy atom. The maximum Gasteiger partial charge on any atom is 0.269 e. The summed E-state index contributed by atoms with van der Waals surface area (Å²) < 4.78 is 0. The van der Waals surface area contributed by atoms with Gasteiger partial charge in [0.25, 0.3) is 5.91 Å². The van der Waals surface area contributed by atoms with Crippen molar-refractivity contribution in [1.82, 2.24) is 20.4 Å². The maximum atomic E-state index is 12.6. The van der Waals surface area contributed by atoms with Gasteiger partial charge in [-0.05, 0) is 54.8 Å². The molecule has 3 aromatic rings. The van der Waals surface area contributed by atoms with Crippen molar-refractivity contribution in [2.75, 3.05) is 13.1 Å². The molecule has 28 heavy (non-hydrogen) atoms. The van der Waals surface area contributed by atoms with Crippen LogP contribution in [-0.2, 0) is 13.0 Å². The van der Waals surface area contributed by atoms with Crippen LogP contribution < -0.4 is 5.32 Å². The Balaban J connectivity index is 1.34. The largest absolute Gasteiger partial charge is 0.508 e. The van der Waals surface area contributed by atoms with E-state index < -0.39 is 0 Å². The molecule has 0 saturated carbocycles. The normalized spacial score (nSPS) is 15.0. The third-order valence-electron chi connectivity index (χ3n) is 5.10. The summed E-state index contributed by atoms with van der Waals surface area (Å²) in [7, 11) is 0. The topological polar surface area (TPSA) is 81.2 Å². The number of fused-ring (bicyclic) bond motifs is 1. The second kappa shape index (κ2) is 7.86. The summed E-state index contributed by atoms with van der Waals surface area (Å²) in [4.78, 5) is 14.9. The zero-order valence-corrected chi connectivity index (χ0v) is 15.9. The Morgan fingerprint density at radius 2 is 1.96 bits per heavy atom. The lowest BCUT2D eigenvalue weighted by Gasteiger charge is -2.31. The van der Waals surface area contributed by atoms with Crippen LogP contribution in [0.3, 0.4) is 0 Å². The lowest BCUT2D eigenvalue weighted by atomic mass is 10.00. The lowest BCUT2D eigenvalue weighted by molar-refractivity contribution is 0.0922. The number of aromatic amines is 1. The number of hydrogen-bond acceptors (Lipinski definition) is 4. The van der Waals surface area contributed by atoms with E-state index in [4.69, 9.17) is 0 Å². The maximum absolute atomic E-state index is 12.6. The van der Waals surface area contributed by atoms with Gasteiger partial charge in [-0.2, -0.15) is 5.10 Å². The second-order valence-electron chi connectivity index (χ2n) is 7.34. The van der Waals surface area contributed by atoms with Gasteiger partial charge in [-0.25, -0.2) is 0 Å². The number of aromatic hydroxyl groups is 1. The molecule has 2 heterocycles. The Hall–Kier alpha value is -3.12. The molecule has 4 rings (SSSR count). The molecule has 1 aliphatic heterocycles. The van der Waals surface area contributed by atoms with E-state index in [0.29, 0.717) is 11.4 Å². The van der Waals surface area contributed by atoms with Gasteiger partial charge >= 0.3 is 0 Å². The molecule has 0 saturated heterocycles. The SMILES string of the molecule is C[C@H](CN1CCc2ccccc2C1)NC(=O)c1cc(-c2ccc(O)cc2)n[nH]1. The van der Waals surface area contributed by atoms with E-state index in [0.717, 1.165) is 31.6 Å². The Labute approximate surface area is 164 Å². The molecule has 1 amide bonds. The molecule has 6 nitrogen and oxygen atoms in total. The minimum absolute atomic E-state index is 0.0261. The number of carbonyl (C=O) groups excluding carboxylic acids is 1. The van der Waals surface area contributed by atoms with Crippen LogP contribution in [-0.4, -0.2) is 45.2 Å². The number of carbonyl (C=O) groups is 1. The molecule has 0 aliphatic carbocycles. The second-order valence-corrected chi connectivity index (χ2v) is 7.34. The Bertz CT molecular complexity index is 965. The predicted molar refractivity (Wildman–Crippen MR) is 108 cm³/mol. The number of H-pyrrole nitrogens is 1. The van der Waals surface area contributed by atoms with E-state index in [2.05, 4.69) is 44.7 Å². The van der Waals surface area contributed by atoms with Gasteiger partial charge < -0.3 is 10.4 Å². The van der Waals surface area contributed by atoms with Crippen molar-refractivity contribution >= 4 is 5.91 Å².